The van der Waals surface area contributed by atoms with Gasteiger partial charge in [-0.25, -0.2) is 9.97 Å². The molecule has 1 aliphatic heterocycles. The molecule has 3 heterocycles. The minimum absolute atomic E-state index is 0.0337. The summed E-state index contributed by atoms with van der Waals surface area (Å²) in [5, 5.41) is 0. The van der Waals surface area contributed by atoms with Crippen LogP contribution in [0.3, 0.4) is 0 Å². The van der Waals surface area contributed by atoms with Crippen LogP contribution in [0.5, 0.6) is 0 Å². The van der Waals surface area contributed by atoms with E-state index in [0.29, 0.717) is 19.4 Å². The van der Waals surface area contributed by atoms with Crippen molar-refractivity contribution in [2.45, 2.75) is 32.1 Å². The van der Waals surface area contributed by atoms with Crippen LogP contribution in [-0.4, -0.2) is 39.8 Å². The van der Waals surface area contributed by atoms with E-state index in [2.05, 4.69) is 24.6 Å². The van der Waals surface area contributed by atoms with Crippen molar-refractivity contribution in [2.75, 3.05) is 18.0 Å². The molecule has 2 aromatic heterocycles. The number of unbranched alkanes of at least 4 members (excludes halogenated alkanes) is 2. The molecule has 0 N–H and O–H groups in total. The Labute approximate surface area is 173 Å². The monoisotopic (exact) mass is 475 g/mol. The Morgan fingerprint density at radius 3 is 1.93 bits per heavy atom. The van der Waals surface area contributed by atoms with Gasteiger partial charge in [0.1, 0.15) is 11.6 Å². The van der Waals surface area contributed by atoms with Crippen LogP contribution in [0, 0.1) is 0 Å². The maximum absolute atomic E-state index is 11.6. The fourth-order valence-corrected chi connectivity index (χ4v) is 2.96. The van der Waals surface area contributed by atoms with Crippen LogP contribution in [-0.2, 0) is 26.9 Å². The van der Waals surface area contributed by atoms with Gasteiger partial charge in [0.2, 0.25) is 11.8 Å². The van der Waals surface area contributed by atoms with E-state index in [1.54, 1.807) is 12.4 Å². The topological polar surface area (TPSA) is 66.4 Å². The number of nitrogens with zero attached hydrogens (tertiary/aromatic N) is 4. The Balaban J connectivity index is 0.00000126. The first kappa shape index (κ1) is 21.5. The van der Waals surface area contributed by atoms with Gasteiger partial charge < -0.3 is 4.90 Å². The number of aromatic nitrogens is 2. The maximum atomic E-state index is 11.6. The van der Waals surface area contributed by atoms with Gasteiger partial charge >= 0.3 is 27.0 Å². The van der Waals surface area contributed by atoms with Crippen molar-refractivity contribution in [3.63, 3.8) is 0 Å². The first-order valence-electron chi connectivity index (χ1n) is 8.82. The zero-order chi connectivity index (χ0) is 19.5. The number of imide groups is 1. The van der Waals surface area contributed by atoms with Crippen LogP contribution in [0.1, 0.15) is 32.1 Å². The average molecular weight is 475 g/mol. The molecule has 27 heavy (non-hydrogen) atoms. The molecule has 0 aliphatic carbocycles. The fourth-order valence-electron chi connectivity index (χ4n) is 2.96. The molecule has 2 amide bonds. The van der Waals surface area contributed by atoms with Crippen molar-refractivity contribution in [3.8, 4) is 0 Å². The molecule has 0 saturated carbocycles. The van der Waals surface area contributed by atoms with E-state index in [-0.39, 0.29) is 11.8 Å². The summed E-state index contributed by atoms with van der Waals surface area (Å²) >= 11 is 1.82. The predicted octanol–water partition coefficient (Wildman–Crippen LogP) is 3.62. The molecule has 6 nitrogen and oxygen atoms in total. The third kappa shape index (κ3) is 6.37. The second-order valence-corrected chi connectivity index (χ2v) is 6.03. The second-order valence-electron chi connectivity index (χ2n) is 6.03. The van der Waals surface area contributed by atoms with E-state index >= 15 is 0 Å². The van der Waals surface area contributed by atoms with Crippen molar-refractivity contribution < 1.29 is 26.9 Å². The summed E-state index contributed by atoms with van der Waals surface area (Å²) in [6.45, 7) is 1.32. The van der Waals surface area contributed by atoms with Gasteiger partial charge in [0, 0.05) is 38.3 Å². The average Bonchev–Trinajstić information content (AvgIpc) is 3.05. The third-order valence-corrected chi connectivity index (χ3v) is 4.27. The number of carbonyl (C=O) groups is 2. The molecule has 0 bridgehead atoms. The minimum atomic E-state index is -0.0337. The fraction of sp³-hybridized carbons (Fsp3) is 0.368. The molecule has 0 unspecified atom stereocenters. The zero-order valence-corrected chi connectivity index (χ0v) is 17.4. The molecule has 0 aromatic carbocycles. The second kappa shape index (κ2) is 11.8. The van der Waals surface area contributed by atoms with Crippen molar-refractivity contribution in [3.05, 3.63) is 48.8 Å². The number of hydrogen-bond donors (Lipinski definition) is 0. The summed E-state index contributed by atoms with van der Waals surface area (Å²) in [7, 11) is 4.57. The molecule has 1 saturated heterocycles. The molecular weight excluding hydrogens is 453 g/mol. The number of likely N-dealkylation sites (tertiary alicyclic amines) is 1. The number of rotatable bonds is 8. The van der Waals surface area contributed by atoms with E-state index in [0.717, 1.165) is 37.4 Å². The number of carbonyl (C=O) groups excluding carboxylic acids is 2. The summed E-state index contributed by atoms with van der Waals surface area (Å²) in [5.74, 6) is 1.67. The molecule has 0 radical (unpaired) electrons. The molecule has 0 atom stereocenters. The third-order valence-electron chi connectivity index (χ3n) is 4.27. The van der Waals surface area contributed by atoms with E-state index < -0.39 is 0 Å². The van der Waals surface area contributed by atoms with Gasteiger partial charge in [-0.3, -0.25) is 14.5 Å². The quantitative estimate of drug-likeness (QED) is 0.332. The van der Waals surface area contributed by atoms with Crippen molar-refractivity contribution >= 4 is 33.1 Å². The summed E-state index contributed by atoms with van der Waals surface area (Å²) < 4.78 is 0. The molecule has 145 valence electrons. The standard InChI is InChI=1S/C19H22N4O2.ClH.Ru/c24-18-10-11-19(25)23(18)15-7-1-6-14-22(16-8-2-4-12-20-16)17-9-3-5-13-21-17;;/h2-5,8-9,12-13H,1,6-7,10-11,14-15H2;1H;/q;;+1/p-1. The van der Waals surface area contributed by atoms with Crippen molar-refractivity contribution in [2.24, 2.45) is 0 Å². The molecule has 1 aliphatic rings. The molecule has 2 aromatic rings. The van der Waals surface area contributed by atoms with Crippen LogP contribution < -0.4 is 4.90 Å². The van der Waals surface area contributed by atoms with Crippen LogP contribution >= 0.6 is 9.69 Å². The van der Waals surface area contributed by atoms with Crippen LogP contribution in [0.2, 0.25) is 0 Å². The van der Waals surface area contributed by atoms with Crippen LogP contribution in [0.4, 0.5) is 11.6 Å². The Kier molecular flexibility index (Phi) is 9.36. The number of pyridine rings is 2. The summed E-state index contributed by atoms with van der Waals surface area (Å²) in [6, 6.07) is 11.6. The molecule has 8 heteroatoms. The van der Waals surface area contributed by atoms with Gasteiger partial charge in [0.25, 0.3) is 0 Å². The summed E-state index contributed by atoms with van der Waals surface area (Å²) in [6.07, 6.45) is 6.98. The van der Waals surface area contributed by atoms with E-state index in [1.807, 2.05) is 53.7 Å². The van der Waals surface area contributed by atoms with E-state index in [9.17, 15) is 9.59 Å². The van der Waals surface area contributed by atoms with Gasteiger partial charge in [0.05, 0.1) is 0 Å². The van der Waals surface area contributed by atoms with Gasteiger partial charge in [0.15, 0.2) is 0 Å². The molecule has 1 fully saturated rings. The van der Waals surface area contributed by atoms with Crippen LogP contribution in [0.15, 0.2) is 48.8 Å². The van der Waals surface area contributed by atoms with Gasteiger partial charge in [-0.1, -0.05) is 12.1 Å². The molecular formula is C19H22ClN4O2Ru. The van der Waals surface area contributed by atoms with Gasteiger partial charge in [-0.15, -0.1) is 0 Å². The molecule has 3 rings (SSSR count). The van der Waals surface area contributed by atoms with E-state index in [4.69, 9.17) is 0 Å². The van der Waals surface area contributed by atoms with Gasteiger partial charge in [-0.2, -0.15) is 0 Å². The summed E-state index contributed by atoms with van der Waals surface area (Å²) in [5.41, 5.74) is 0. The summed E-state index contributed by atoms with van der Waals surface area (Å²) in [4.78, 5) is 35.6. The SMILES string of the molecule is O=C1CCC(=O)N1CCCCCN(c1ccccn1)c1ccccn1.[Cl][Ru]. The van der Waals surface area contributed by atoms with Crippen LogP contribution in [0.25, 0.3) is 0 Å². The van der Waals surface area contributed by atoms with Gasteiger partial charge in [-0.05, 0) is 43.5 Å². The number of amides is 2. The predicted molar refractivity (Wildman–Crippen MR) is 101 cm³/mol. The first-order valence-corrected chi connectivity index (χ1v) is 11.1. The number of halogens is 1. The van der Waals surface area contributed by atoms with Crippen molar-refractivity contribution in [1.29, 1.82) is 0 Å². The Morgan fingerprint density at radius 1 is 0.889 bits per heavy atom. The Bertz CT molecular complexity index is 663. The Hall–Kier alpha value is -1.85. The molecule has 0 spiro atoms. The van der Waals surface area contributed by atoms with E-state index in [1.165, 1.54) is 4.90 Å². The Morgan fingerprint density at radius 2 is 1.44 bits per heavy atom. The number of hydrogen-bond acceptors (Lipinski definition) is 5. The first-order chi connectivity index (χ1) is 13.3. The zero-order valence-electron chi connectivity index (χ0n) is 14.9. The normalized spacial score (nSPS) is 13.3. The van der Waals surface area contributed by atoms with Crippen molar-refractivity contribution in [1.82, 2.24) is 14.9 Å². The number of anilines is 2.